The second kappa shape index (κ2) is 8.70. The molecule has 1 amide bonds. The summed E-state index contributed by atoms with van der Waals surface area (Å²) in [6.07, 6.45) is 2.00. The van der Waals surface area contributed by atoms with E-state index in [1.807, 2.05) is 0 Å². The van der Waals surface area contributed by atoms with Gasteiger partial charge in [-0.3, -0.25) is 9.59 Å². The smallest absolute Gasteiger partial charge is 0.250 e. The lowest BCUT2D eigenvalue weighted by Gasteiger charge is -2.18. The largest absolute Gasteiger partial charge is 0.351 e. The maximum absolute atomic E-state index is 11.6. The molecule has 0 atom stereocenters. The van der Waals surface area contributed by atoms with Crippen molar-refractivity contribution in [2.24, 2.45) is 0 Å². The van der Waals surface area contributed by atoms with Crippen LogP contribution in [0.3, 0.4) is 0 Å². The number of carbonyl (C=O) groups excluding carboxylic acids is 2. The van der Waals surface area contributed by atoms with Crippen molar-refractivity contribution in [3.63, 3.8) is 0 Å². The van der Waals surface area contributed by atoms with Gasteiger partial charge in [0.2, 0.25) is 0 Å². The number of carbonyl (C=O) groups is 2. The summed E-state index contributed by atoms with van der Waals surface area (Å²) in [5.41, 5.74) is 0.942. The Bertz CT molecular complexity index is 305. The zero-order chi connectivity index (χ0) is 13.3. The van der Waals surface area contributed by atoms with Gasteiger partial charge in [-0.2, -0.15) is 0 Å². The zero-order valence-electron chi connectivity index (χ0n) is 11.0. The lowest BCUT2D eigenvalue weighted by Crippen LogP contribution is -2.35. The maximum Gasteiger partial charge on any atom is 0.250 e. The first kappa shape index (κ1) is 15.6. The van der Waals surface area contributed by atoms with Gasteiger partial charge in [0.25, 0.3) is 5.91 Å². The molecule has 96 valence electrons. The van der Waals surface area contributed by atoms with Crippen LogP contribution in [0.5, 0.6) is 0 Å². The van der Waals surface area contributed by atoms with Crippen molar-refractivity contribution in [1.29, 1.82) is 0 Å². The second-order valence-electron chi connectivity index (χ2n) is 3.75. The predicted octanol–water partition coefficient (Wildman–Crippen LogP) is 1.15. The van der Waals surface area contributed by atoms with Gasteiger partial charge in [-0.1, -0.05) is 20.4 Å². The molecular formula is C13H22N2O2. The summed E-state index contributed by atoms with van der Waals surface area (Å²) in [5.74, 6) is -0.215. The number of likely N-dealkylation sites (N-methyl/N-ethyl adjacent to an activating group) is 1. The molecule has 0 heterocycles. The van der Waals surface area contributed by atoms with Gasteiger partial charge < -0.3 is 10.2 Å². The molecule has 0 saturated heterocycles. The molecule has 0 rings (SSSR count). The first-order chi connectivity index (χ1) is 8.06. The molecular weight excluding hydrogens is 216 g/mol. The van der Waals surface area contributed by atoms with Crippen molar-refractivity contribution < 1.29 is 9.59 Å². The lowest BCUT2D eigenvalue weighted by molar-refractivity contribution is -0.117. The maximum atomic E-state index is 11.6. The summed E-state index contributed by atoms with van der Waals surface area (Å²) in [5, 5.41) is 2.78. The van der Waals surface area contributed by atoms with Crippen molar-refractivity contribution in [2.45, 2.75) is 20.8 Å². The standard InChI is InChI=1S/C13H22N2O2/c1-5-15(6-2)9-8-14-13(17)12(4)11(3)7-10-16/h7,10H,4-6,8-9H2,1-3H3,(H,14,17)/b11-7+. The molecule has 17 heavy (non-hydrogen) atoms. The fourth-order valence-electron chi connectivity index (χ4n) is 1.36. The molecule has 0 aromatic rings. The molecule has 0 aromatic carbocycles. The highest BCUT2D eigenvalue weighted by atomic mass is 16.1. The van der Waals surface area contributed by atoms with E-state index in [9.17, 15) is 9.59 Å². The van der Waals surface area contributed by atoms with E-state index in [2.05, 4.69) is 30.6 Å². The average Bonchev–Trinajstić information content (AvgIpc) is 2.33. The number of allylic oxidation sites excluding steroid dienone is 1. The molecule has 0 aliphatic carbocycles. The van der Waals surface area contributed by atoms with Crippen molar-refractivity contribution in [3.8, 4) is 0 Å². The number of nitrogens with zero attached hydrogens (tertiary/aromatic N) is 1. The molecule has 0 spiro atoms. The first-order valence-corrected chi connectivity index (χ1v) is 5.88. The summed E-state index contributed by atoms with van der Waals surface area (Å²) in [7, 11) is 0. The van der Waals surface area contributed by atoms with Crippen LogP contribution in [0.25, 0.3) is 0 Å². The van der Waals surface area contributed by atoms with E-state index < -0.39 is 0 Å². The third kappa shape index (κ3) is 6.02. The number of hydrogen-bond donors (Lipinski definition) is 1. The summed E-state index contributed by atoms with van der Waals surface area (Å²) in [6, 6.07) is 0. The topological polar surface area (TPSA) is 49.4 Å². The van der Waals surface area contributed by atoms with E-state index in [0.717, 1.165) is 19.6 Å². The SMILES string of the molecule is C=C(C(=O)NCCN(CC)CC)/C(C)=C/C=O. The quantitative estimate of drug-likeness (QED) is 0.392. The molecule has 0 unspecified atom stereocenters. The number of amides is 1. The van der Waals surface area contributed by atoms with E-state index in [1.165, 1.54) is 6.08 Å². The van der Waals surface area contributed by atoms with Gasteiger partial charge in [0.1, 0.15) is 6.29 Å². The highest BCUT2D eigenvalue weighted by Crippen LogP contribution is 2.05. The average molecular weight is 238 g/mol. The van der Waals surface area contributed by atoms with Crippen molar-refractivity contribution in [3.05, 3.63) is 23.8 Å². The number of aldehydes is 1. The van der Waals surface area contributed by atoms with Gasteiger partial charge in [-0.25, -0.2) is 0 Å². The van der Waals surface area contributed by atoms with Gasteiger partial charge in [-0.15, -0.1) is 0 Å². The predicted molar refractivity (Wildman–Crippen MR) is 69.8 cm³/mol. The van der Waals surface area contributed by atoms with Crippen LogP contribution in [0, 0.1) is 0 Å². The minimum absolute atomic E-state index is 0.215. The van der Waals surface area contributed by atoms with E-state index in [0.29, 0.717) is 24.0 Å². The Balaban J connectivity index is 4.06. The molecule has 0 radical (unpaired) electrons. The van der Waals surface area contributed by atoms with E-state index in [1.54, 1.807) is 6.92 Å². The Morgan fingerprint density at radius 2 is 1.94 bits per heavy atom. The van der Waals surface area contributed by atoms with Crippen LogP contribution in [0.2, 0.25) is 0 Å². The highest BCUT2D eigenvalue weighted by molar-refractivity contribution is 5.97. The van der Waals surface area contributed by atoms with Crippen molar-refractivity contribution >= 4 is 12.2 Å². The summed E-state index contributed by atoms with van der Waals surface area (Å²) < 4.78 is 0. The van der Waals surface area contributed by atoms with Crippen molar-refractivity contribution in [2.75, 3.05) is 26.2 Å². The molecule has 0 saturated carbocycles. The summed E-state index contributed by atoms with van der Waals surface area (Å²) >= 11 is 0. The van der Waals surface area contributed by atoms with Gasteiger partial charge in [-0.05, 0) is 31.7 Å². The van der Waals surface area contributed by atoms with Gasteiger partial charge in [0.05, 0.1) is 0 Å². The van der Waals surface area contributed by atoms with Crippen LogP contribution < -0.4 is 5.32 Å². The van der Waals surface area contributed by atoms with Crippen LogP contribution >= 0.6 is 0 Å². The van der Waals surface area contributed by atoms with Crippen LogP contribution in [0.4, 0.5) is 0 Å². The zero-order valence-corrected chi connectivity index (χ0v) is 11.0. The minimum atomic E-state index is -0.215. The van der Waals surface area contributed by atoms with Gasteiger partial charge in [0.15, 0.2) is 0 Å². The molecule has 1 N–H and O–H groups in total. The molecule has 0 aromatic heterocycles. The summed E-state index contributed by atoms with van der Waals surface area (Å²) in [4.78, 5) is 24.1. The lowest BCUT2D eigenvalue weighted by atomic mass is 10.1. The minimum Gasteiger partial charge on any atom is -0.351 e. The van der Waals surface area contributed by atoms with E-state index in [-0.39, 0.29) is 5.91 Å². The van der Waals surface area contributed by atoms with E-state index in [4.69, 9.17) is 0 Å². The Morgan fingerprint density at radius 3 is 2.41 bits per heavy atom. The third-order valence-electron chi connectivity index (χ3n) is 2.68. The van der Waals surface area contributed by atoms with Crippen LogP contribution in [0.15, 0.2) is 23.8 Å². The Hall–Kier alpha value is -1.42. The Kier molecular flexibility index (Phi) is 7.97. The fourth-order valence-corrected chi connectivity index (χ4v) is 1.36. The van der Waals surface area contributed by atoms with Crippen LogP contribution in [0.1, 0.15) is 20.8 Å². The second-order valence-corrected chi connectivity index (χ2v) is 3.75. The van der Waals surface area contributed by atoms with Crippen LogP contribution in [-0.4, -0.2) is 43.3 Å². The molecule has 0 aliphatic heterocycles. The molecule has 4 nitrogen and oxygen atoms in total. The Morgan fingerprint density at radius 1 is 1.35 bits per heavy atom. The van der Waals surface area contributed by atoms with Crippen molar-refractivity contribution in [1.82, 2.24) is 10.2 Å². The van der Waals surface area contributed by atoms with E-state index >= 15 is 0 Å². The molecule has 0 bridgehead atoms. The molecule has 0 aliphatic rings. The third-order valence-corrected chi connectivity index (χ3v) is 2.68. The number of hydrogen-bond acceptors (Lipinski definition) is 3. The van der Waals surface area contributed by atoms with Crippen LogP contribution in [-0.2, 0) is 9.59 Å². The number of rotatable bonds is 8. The molecule has 4 heteroatoms. The summed E-state index contributed by atoms with van der Waals surface area (Å²) in [6.45, 7) is 12.9. The number of nitrogens with one attached hydrogen (secondary N) is 1. The van der Waals surface area contributed by atoms with Gasteiger partial charge in [0, 0.05) is 18.7 Å². The highest BCUT2D eigenvalue weighted by Gasteiger charge is 2.08. The normalized spacial score (nSPS) is 11.4. The first-order valence-electron chi connectivity index (χ1n) is 5.88. The molecule has 0 fully saturated rings. The Labute approximate surface area is 103 Å². The van der Waals surface area contributed by atoms with Gasteiger partial charge >= 0.3 is 0 Å². The monoisotopic (exact) mass is 238 g/mol. The fraction of sp³-hybridized carbons (Fsp3) is 0.538.